The first-order valence-corrected chi connectivity index (χ1v) is 6.00. The summed E-state index contributed by atoms with van der Waals surface area (Å²) < 4.78 is 0. The van der Waals surface area contributed by atoms with Crippen molar-refractivity contribution in [2.75, 3.05) is 6.54 Å². The van der Waals surface area contributed by atoms with Gasteiger partial charge >= 0.3 is 5.97 Å². The average Bonchev–Trinajstić information content (AvgIpc) is 2.26. The maximum Gasteiger partial charge on any atom is 0.303 e. The third-order valence-electron chi connectivity index (χ3n) is 4.14. The molecule has 1 saturated carbocycles. The number of nitroso groups, excluding NO2 is 1. The minimum Gasteiger partial charge on any atom is -0.481 e. The second-order valence-corrected chi connectivity index (χ2v) is 5.04. The Morgan fingerprint density at radius 3 is 2.81 bits per heavy atom. The zero-order chi connectivity index (χ0) is 11.6. The van der Waals surface area contributed by atoms with E-state index in [1.807, 2.05) is 0 Å². The topological polar surface area (TPSA) is 70.0 Å². The zero-order valence-corrected chi connectivity index (χ0v) is 9.39. The highest BCUT2D eigenvalue weighted by molar-refractivity contribution is 5.68. The number of nitrogens with zero attached hydrogens (tertiary/aromatic N) is 2. The van der Waals surface area contributed by atoms with Gasteiger partial charge < -0.3 is 5.11 Å². The summed E-state index contributed by atoms with van der Waals surface area (Å²) in [5, 5.41) is 13.7. The van der Waals surface area contributed by atoms with Crippen molar-refractivity contribution in [3.63, 3.8) is 0 Å². The molecule has 2 aliphatic rings. The molecule has 5 heteroatoms. The number of carbonyl (C=O) groups is 1. The van der Waals surface area contributed by atoms with Crippen molar-refractivity contribution in [2.45, 2.75) is 51.0 Å². The second-order valence-electron chi connectivity index (χ2n) is 5.04. The molecule has 0 bridgehead atoms. The number of hydrogen-bond donors (Lipinski definition) is 1. The summed E-state index contributed by atoms with van der Waals surface area (Å²) in [7, 11) is 0. The highest BCUT2D eigenvalue weighted by Gasteiger charge is 2.47. The number of carboxylic acid groups (broad SMARTS) is 1. The molecule has 1 heterocycles. The molecule has 1 N–H and O–H groups in total. The van der Waals surface area contributed by atoms with E-state index in [-0.39, 0.29) is 17.9 Å². The van der Waals surface area contributed by atoms with Gasteiger partial charge in [-0.25, -0.2) is 0 Å². The molecular formula is C11H18N2O3. The number of rotatable bonds is 3. The molecule has 2 rings (SSSR count). The number of aliphatic carboxylic acids is 1. The van der Waals surface area contributed by atoms with E-state index in [9.17, 15) is 9.70 Å². The lowest BCUT2D eigenvalue weighted by Gasteiger charge is -2.49. The van der Waals surface area contributed by atoms with Gasteiger partial charge in [-0.2, -0.15) is 0 Å². The Labute approximate surface area is 94.8 Å². The largest absolute Gasteiger partial charge is 0.481 e. The lowest BCUT2D eigenvalue weighted by molar-refractivity contribution is -0.144. The van der Waals surface area contributed by atoms with Crippen molar-refractivity contribution in [2.24, 2.45) is 10.7 Å². The Bertz CT molecular complexity index is 291. The minimum atomic E-state index is -0.750. The summed E-state index contributed by atoms with van der Waals surface area (Å²) in [5.74, 6) is -0.750. The van der Waals surface area contributed by atoms with E-state index in [1.54, 1.807) is 5.01 Å². The van der Waals surface area contributed by atoms with Gasteiger partial charge in [0.25, 0.3) is 0 Å². The van der Waals surface area contributed by atoms with Gasteiger partial charge in [-0.3, -0.25) is 9.80 Å². The molecule has 1 saturated heterocycles. The lowest BCUT2D eigenvalue weighted by atomic mass is 9.64. The summed E-state index contributed by atoms with van der Waals surface area (Å²) in [6.45, 7) is 0.690. The first-order valence-electron chi connectivity index (χ1n) is 6.00. The van der Waals surface area contributed by atoms with E-state index in [4.69, 9.17) is 5.11 Å². The quantitative estimate of drug-likeness (QED) is 0.749. The van der Waals surface area contributed by atoms with Crippen molar-refractivity contribution in [3.8, 4) is 0 Å². The Morgan fingerprint density at radius 1 is 1.38 bits per heavy atom. The Hall–Kier alpha value is -1.13. The van der Waals surface area contributed by atoms with Crippen molar-refractivity contribution >= 4 is 5.97 Å². The van der Waals surface area contributed by atoms with Gasteiger partial charge in [0, 0.05) is 12.0 Å². The number of fused-ring (bicyclic) bond motifs is 1. The Morgan fingerprint density at radius 2 is 2.12 bits per heavy atom. The van der Waals surface area contributed by atoms with Gasteiger partial charge in [0.05, 0.1) is 17.7 Å². The van der Waals surface area contributed by atoms with E-state index in [2.05, 4.69) is 5.29 Å². The standard InChI is InChI=1S/C11H18N2O3/c14-10(15)8-11-5-2-1-4-9(11)13(12-16)7-3-6-11/h9H,1-8H2,(H,14,15). The van der Waals surface area contributed by atoms with Crippen LogP contribution in [0.5, 0.6) is 0 Å². The monoisotopic (exact) mass is 226 g/mol. The molecule has 0 spiro atoms. The fraction of sp³-hybridized carbons (Fsp3) is 0.909. The normalized spacial score (nSPS) is 34.2. The summed E-state index contributed by atoms with van der Waals surface area (Å²) in [6.07, 6.45) is 6.00. The fourth-order valence-electron chi connectivity index (χ4n) is 3.49. The molecule has 0 radical (unpaired) electrons. The highest BCUT2D eigenvalue weighted by atomic mass is 16.4. The van der Waals surface area contributed by atoms with Crippen LogP contribution in [-0.2, 0) is 4.79 Å². The molecule has 0 aromatic rings. The summed E-state index contributed by atoms with van der Waals surface area (Å²) in [6, 6.07) is 0.0589. The third-order valence-corrected chi connectivity index (χ3v) is 4.14. The van der Waals surface area contributed by atoms with E-state index in [0.717, 1.165) is 38.5 Å². The predicted molar refractivity (Wildman–Crippen MR) is 58.7 cm³/mol. The summed E-state index contributed by atoms with van der Waals surface area (Å²) in [4.78, 5) is 21.8. The van der Waals surface area contributed by atoms with Gasteiger partial charge in [-0.05, 0) is 25.7 Å². The zero-order valence-electron chi connectivity index (χ0n) is 9.39. The number of hydrogen-bond acceptors (Lipinski definition) is 3. The van der Waals surface area contributed by atoms with Crippen molar-refractivity contribution in [1.82, 2.24) is 5.01 Å². The van der Waals surface area contributed by atoms with E-state index in [0.29, 0.717) is 6.54 Å². The van der Waals surface area contributed by atoms with Crippen molar-refractivity contribution < 1.29 is 9.90 Å². The van der Waals surface area contributed by atoms with Crippen LogP contribution in [0.15, 0.2) is 5.29 Å². The van der Waals surface area contributed by atoms with Crippen LogP contribution in [0, 0.1) is 10.3 Å². The minimum absolute atomic E-state index is 0.0589. The molecule has 16 heavy (non-hydrogen) atoms. The van der Waals surface area contributed by atoms with Gasteiger partial charge in [0.2, 0.25) is 0 Å². The highest BCUT2D eigenvalue weighted by Crippen LogP contribution is 2.48. The number of piperidine rings is 1. The van der Waals surface area contributed by atoms with Crippen molar-refractivity contribution in [1.29, 1.82) is 0 Å². The smallest absolute Gasteiger partial charge is 0.303 e. The van der Waals surface area contributed by atoms with Crippen LogP contribution < -0.4 is 0 Å². The van der Waals surface area contributed by atoms with Crippen molar-refractivity contribution in [3.05, 3.63) is 4.91 Å². The van der Waals surface area contributed by atoms with Crippen LogP contribution in [0.3, 0.4) is 0 Å². The van der Waals surface area contributed by atoms with Crippen LogP contribution in [0.25, 0.3) is 0 Å². The summed E-state index contributed by atoms with van der Waals surface area (Å²) >= 11 is 0. The molecule has 1 aliphatic carbocycles. The SMILES string of the molecule is O=NN1CCCC2(CC(=O)O)CCCCC12. The van der Waals surface area contributed by atoms with Gasteiger partial charge in [-0.15, -0.1) is 4.91 Å². The molecule has 2 atom stereocenters. The van der Waals surface area contributed by atoms with E-state index < -0.39 is 5.97 Å². The third kappa shape index (κ3) is 1.90. The lowest BCUT2D eigenvalue weighted by Crippen LogP contribution is -2.52. The molecule has 0 aromatic carbocycles. The predicted octanol–water partition coefficient (Wildman–Crippen LogP) is 2.17. The molecule has 0 aromatic heterocycles. The van der Waals surface area contributed by atoms with Gasteiger partial charge in [-0.1, -0.05) is 12.8 Å². The van der Waals surface area contributed by atoms with Crippen LogP contribution in [-0.4, -0.2) is 28.7 Å². The maximum absolute atomic E-state index is 11.0. The molecule has 0 amide bonds. The first kappa shape index (κ1) is 11.4. The average molecular weight is 226 g/mol. The number of carboxylic acids is 1. The maximum atomic E-state index is 11.0. The van der Waals surface area contributed by atoms with Crippen LogP contribution in [0.1, 0.15) is 44.9 Å². The van der Waals surface area contributed by atoms with Crippen LogP contribution in [0.2, 0.25) is 0 Å². The van der Waals surface area contributed by atoms with Gasteiger partial charge in [0.15, 0.2) is 0 Å². The molecule has 2 fully saturated rings. The van der Waals surface area contributed by atoms with Crippen LogP contribution >= 0.6 is 0 Å². The second kappa shape index (κ2) is 4.39. The van der Waals surface area contributed by atoms with Gasteiger partial charge in [0.1, 0.15) is 0 Å². The molecular weight excluding hydrogens is 208 g/mol. The first-order chi connectivity index (χ1) is 7.68. The van der Waals surface area contributed by atoms with E-state index in [1.165, 1.54) is 0 Å². The molecule has 1 aliphatic heterocycles. The molecule has 90 valence electrons. The Kier molecular flexibility index (Phi) is 3.12. The summed E-state index contributed by atoms with van der Waals surface area (Å²) in [5.41, 5.74) is -0.198. The van der Waals surface area contributed by atoms with Crippen LogP contribution in [0.4, 0.5) is 0 Å². The van der Waals surface area contributed by atoms with E-state index >= 15 is 0 Å². The molecule has 5 nitrogen and oxygen atoms in total. The fourth-order valence-corrected chi connectivity index (χ4v) is 3.49. The Balaban J connectivity index is 2.21. The molecule has 2 unspecified atom stereocenters.